The van der Waals surface area contributed by atoms with Crippen LogP contribution in [0.15, 0.2) is 0 Å². The lowest BCUT2D eigenvalue weighted by atomic mass is 9.97. The molecule has 0 bridgehead atoms. The first-order valence-corrected chi connectivity index (χ1v) is 7.31. The standard InChI is InChI=1S/C14H25N3O4.ClH/c1-4-21-14(20)11-5-7-17(8-6-11)12(18)9-16(3)13(19)10(2)15;/h10-11H,4-9,15H2,1-3H3;1H/t10-;/m1./s1. The molecule has 1 heterocycles. The van der Waals surface area contributed by atoms with Gasteiger partial charge in [-0.05, 0) is 26.7 Å². The topological polar surface area (TPSA) is 92.9 Å². The summed E-state index contributed by atoms with van der Waals surface area (Å²) in [6.07, 6.45) is 1.21. The molecule has 1 aliphatic rings. The molecular weight excluding hydrogens is 310 g/mol. The summed E-state index contributed by atoms with van der Waals surface area (Å²) in [5.74, 6) is -0.690. The predicted octanol–water partition coefficient (Wildman–Crippen LogP) is 0.0155. The average molecular weight is 336 g/mol. The second-order valence-corrected chi connectivity index (χ2v) is 5.39. The first-order valence-electron chi connectivity index (χ1n) is 7.31. The van der Waals surface area contributed by atoms with Gasteiger partial charge in [0.2, 0.25) is 11.8 Å². The second kappa shape index (κ2) is 9.63. The van der Waals surface area contributed by atoms with E-state index >= 15 is 0 Å². The molecule has 1 atom stereocenters. The monoisotopic (exact) mass is 335 g/mol. The molecule has 1 fully saturated rings. The van der Waals surface area contributed by atoms with Crippen LogP contribution in [0.25, 0.3) is 0 Å². The van der Waals surface area contributed by atoms with E-state index in [-0.39, 0.29) is 42.7 Å². The lowest BCUT2D eigenvalue weighted by Crippen LogP contribution is -2.48. The summed E-state index contributed by atoms with van der Waals surface area (Å²) in [4.78, 5) is 38.4. The van der Waals surface area contributed by atoms with Gasteiger partial charge < -0.3 is 20.3 Å². The normalized spacial score (nSPS) is 16.5. The van der Waals surface area contributed by atoms with Crippen LogP contribution in [0.2, 0.25) is 0 Å². The van der Waals surface area contributed by atoms with Gasteiger partial charge in [0.25, 0.3) is 0 Å². The van der Waals surface area contributed by atoms with E-state index in [0.29, 0.717) is 32.5 Å². The van der Waals surface area contributed by atoms with Crippen LogP contribution in [0.3, 0.4) is 0 Å². The second-order valence-electron chi connectivity index (χ2n) is 5.39. The molecule has 0 radical (unpaired) electrons. The highest BCUT2D eigenvalue weighted by Gasteiger charge is 2.29. The number of carbonyl (C=O) groups is 3. The molecule has 0 aromatic carbocycles. The van der Waals surface area contributed by atoms with Crippen LogP contribution < -0.4 is 5.73 Å². The minimum atomic E-state index is -0.614. The van der Waals surface area contributed by atoms with Crippen LogP contribution in [0.5, 0.6) is 0 Å². The Morgan fingerprint density at radius 2 is 1.86 bits per heavy atom. The van der Waals surface area contributed by atoms with E-state index in [4.69, 9.17) is 10.5 Å². The van der Waals surface area contributed by atoms with Gasteiger partial charge >= 0.3 is 5.97 Å². The third kappa shape index (κ3) is 5.81. The van der Waals surface area contributed by atoms with E-state index in [2.05, 4.69) is 0 Å². The van der Waals surface area contributed by atoms with E-state index in [1.807, 2.05) is 0 Å². The summed E-state index contributed by atoms with van der Waals surface area (Å²) >= 11 is 0. The van der Waals surface area contributed by atoms with Crippen LogP contribution in [0, 0.1) is 5.92 Å². The highest BCUT2D eigenvalue weighted by Crippen LogP contribution is 2.18. The first-order chi connectivity index (χ1) is 9.86. The number of piperidine rings is 1. The van der Waals surface area contributed by atoms with Crippen molar-refractivity contribution in [2.75, 3.05) is 33.3 Å². The number of rotatable bonds is 5. The van der Waals surface area contributed by atoms with Gasteiger partial charge in [0.15, 0.2) is 0 Å². The first kappa shape index (κ1) is 20.7. The van der Waals surface area contributed by atoms with Crippen LogP contribution >= 0.6 is 12.4 Å². The lowest BCUT2D eigenvalue weighted by Gasteiger charge is -2.32. The molecule has 7 nitrogen and oxygen atoms in total. The van der Waals surface area contributed by atoms with E-state index in [0.717, 1.165) is 0 Å². The van der Waals surface area contributed by atoms with Gasteiger partial charge in [0.05, 0.1) is 25.1 Å². The van der Waals surface area contributed by atoms with Gasteiger partial charge in [-0.25, -0.2) is 0 Å². The molecule has 1 saturated heterocycles. The smallest absolute Gasteiger partial charge is 0.309 e. The van der Waals surface area contributed by atoms with Crippen molar-refractivity contribution in [2.24, 2.45) is 11.7 Å². The highest BCUT2D eigenvalue weighted by molar-refractivity contribution is 5.87. The maximum Gasteiger partial charge on any atom is 0.309 e. The summed E-state index contributed by atoms with van der Waals surface area (Å²) < 4.78 is 4.99. The van der Waals surface area contributed by atoms with Crippen LogP contribution in [0.4, 0.5) is 0 Å². The summed E-state index contributed by atoms with van der Waals surface area (Å²) in [5.41, 5.74) is 5.50. The van der Waals surface area contributed by atoms with Gasteiger partial charge in [-0.2, -0.15) is 0 Å². The number of ether oxygens (including phenoxy) is 1. The average Bonchev–Trinajstić information content (AvgIpc) is 2.46. The van der Waals surface area contributed by atoms with Crippen molar-refractivity contribution in [3.05, 3.63) is 0 Å². The Morgan fingerprint density at radius 3 is 2.32 bits per heavy atom. The van der Waals surface area contributed by atoms with Crippen molar-refractivity contribution in [1.82, 2.24) is 9.80 Å². The van der Waals surface area contributed by atoms with E-state index in [9.17, 15) is 14.4 Å². The molecule has 8 heteroatoms. The summed E-state index contributed by atoms with van der Waals surface area (Å²) in [6, 6.07) is -0.614. The van der Waals surface area contributed by atoms with Crippen molar-refractivity contribution in [3.8, 4) is 0 Å². The molecule has 0 spiro atoms. The van der Waals surface area contributed by atoms with Gasteiger partial charge in [-0.15, -0.1) is 12.4 Å². The number of nitrogens with two attached hydrogens (primary N) is 1. The molecule has 2 amide bonds. The number of likely N-dealkylation sites (N-methyl/N-ethyl adjacent to an activating group) is 1. The highest BCUT2D eigenvalue weighted by atomic mass is 35.5. The Labute approximate surface area is 137 Å². The van der Waals surface area contributed by atoms with Crippen molar-refractivity contribution >= 4 is 30.2 Å². The third-order valence-corrected chi connectivity index (χ3v) is 3.61. The molecule has 1 rings (SSSR count). The Balaban J connectivity index is 0.00000441. The van der Waals surface area contributed by atoms with Crippen molar-refractivity contribution in [1.29, 1.82) is 0 Å². The Bertz CT molecular complexity index is 396. The Morgan fingerprint density at radius 1 is 1.32 bits per heavy atom. The maximum atomic E-state index is 12.1. The molecule has 128 valence electrons. The number of likely N-dealkylation sites (tertiary alicyclic amines) is 1. The van der Waals surface area contributed by atoms with Crippen LogP contribution in [-0.4, -0.2) is 66.9 Å². The predicted molar refractivity (Wildman–Crippen MR) is 84.5 cm³/mol. The summed E-state index contributed by atoms with van der Waals surface area (Å²) in [7, 11) is 1.56. The fraction of sp³-hybridized carbons (Fsp3) is 0.786. The number of amides is 2. The van der Waals surface area contributed by atoms with E-state index in [1.165, 1.54) is 4.90 Å². The number of carbonyl (C=O) groups excluding carboxylic acids is 3. The molecule has 0 aliphatic carbocycles. The van der Waals surface area contributed by atoms with E-state index in [1.54, 1.807) is 25.8 Å². The molecule has 0 aromatic rings. The van der Waals surface area contributed by atoms with Gasteiger partial charge in [-0.3, -0.25) is 14.4 Å². The minimum Gasteiger partial charge on any atom is -0.466 e. The quantitative estimate of drug-likeness (QED) is 0.715. The number of esters is 1. The molecule has 2 N–H and O–H groups in total. The third-order valence-electron chi connectivity index (χ3n) is 3.61. The molecule has 1 aliphatic heterocycles. The summed E-state index contributed by atoms with van der Waals surface area (Å²) in [5, 5.41) is 0. The number of halogens is 1. The summed E-state index contributed by atoms with van der Waals surface area (Å²) in [6.45, 7) is 4.80. The fourth-order valence-electron chi connectivity index (χ4n) is 2.35. The van der Waals surface area contributed by atoms with Gasteiger partial charge in [-0.1, -0.05) is 0 Å². The molecule has 22 heavy (non-hydrogen) atoms. The fourth-order valence-corrected chi connectivity index (χ4v) is 2.35. The molecule has 0 aromatic heterocycles. The van der Waals surface area contributed by atoms with Crippen LogP contribution in [-0.2, 0) is 19.1 Å². The maximum absolute atomic E-state index is 12.1. The molecular formula is C14H26ClN3O4. The SMILES string of the molecule is CCOC(=O)C1CCN(C(=O)CN(C)C(=O)[C@@H](C)N)CC1.Cl. The van der Waals surface area contributed by atoms with Crippen molar-refractivity contribution < 1.29 is 19.1 Å². The number of hydrogen-bond donors (Lipinski definition) is 1. The Kier molecular flexibility index (Phi) is 9.04. The number of hydrogen-bond acceptors (Lipinski definition) is 5. The van der Waals surface area contributed by atoms with Crippen molar-refractivity contribution in [3.63, 3.8) is 0 Å². The van der Waals surface area contributed by atoms with Crippen molar-refractivity contribution in [2.45, 2.75) is 32.7 Å². The molecule has 0 saturated carbocycles. The largest absolute Gasteiger partial charge is 0.466 e. The van der Waals surface area contributed by atoms with Gasteiger partial charge in [0, 0.05) is 20.1 Å². The molecule has 0 unspecified atom stereocenters. The zero-order chi connectivity index (χ0) is 16.0. The lowest BCUT2D eigenvalue weighted by molar-refractivity contribution is -0.151. The number of nitrogens with zero attached hydrogens (tertiary/aromatic N) is 2. The Hall–Kier alpha value is -1.34. The zero-order valence-electron chi connectivity index (χ0n) is 13.4. The zero-order valence-corrected chi connectivity index (χ0v) is 14.2. The van der Waals surface area contributed by atoms with Crippen LogP contribution in [0.1, 0.15) is 26.7 Å². The van der Waals surface area contributed by atoms with Gasteiger partial charge in [0.1, 0.15) is 0 Å². The van der Waals surface area contributed by atoms with E-state index < -0.39 is 6.04 Å². The minimum absolute atomic E-state index is 0.